The molecule has 0 aliphatic carbocycles. The van der Waals surface area contributed by atoms with E-state index in [1.54, 1.807) is 12.1 Å². The molecule has 0 saturated carbocycles. The van der Waals surface area contributed by atoms with Crippen molar-refractivity contribution in [3.63, 3.8) is 0 Å². The van der Waals surface area contributed by atoms with Crippen LogP contribution < -0.4 is 0 Å². The molecule has 4 heteroatoms. The lowest BCUT2D eigenvalue weighted by molar-refractivity contribution is -0.133. The first-order chi connectivity index (χ1) is 10.2. The number of nitrogens with zero attached hydrogens (tertiary/aromatic N) is 1. The van der Waals surface area contributed by atoms with Gasteiger partial charge in [-0.25, -0.2) is 0 Å². The summed E-state index contributed by atoms with van der Waals surface area (Å²) in [5, 5.41) is 9.91. The molecule has 1 amide bonds. The SMILES string of the molecule is CCCCC(=O)N(Cc1ccccc1O)CC1CCCO1. The monoisotopic (exact) mass is 291 g/mol. The topological polar surface area (TPSA) is 49.8 Å². The van der Waals surface area contributed by atoms with Crippen molar-refractivity contribution in [2.24, 2.45) is 0 Å². The van der Waals surface area contributed by atoms with Crippen molar-refractivity contribution in [3.8, 4) is 5.75 Å². The van der Waals surface area contributed by atoms with Gasteiger partial charge in [0, 0.05) is 31.7 Å². The zero-order chi connectivity index (χ0) is 15.1. The van der Waals surface area contributed by atoms with E-state index in [1.807, 2.05) is 17.0 Å². The second-order valence-corrected chi connectivity index (χ2v) is 5.64. The molecule has 1 heterocycles. The van der Waals surface area contributed by atoms with Gasteiger partial charge in [-0.05, 0) is 25.3 Å². The first kappa shape index (κ1) is 15.8. The summed E-state index contributed by atoms with van der Waals surface area (Å²) in [6.45, 7) is 3.95. The summed E-state index contributed by atoms with van der Waals surface area (Å²) >= 11 is 0. The molecule has 0 spiro atoms. The highest BCUT2D eigenvalue weighted by molar-refractivity contribution is 5.76. The molecule has 0 aromatic heterocycles. The lowest BCUT2D eigenvalue weighted by atomic mass is 10.1. The number of para-hydroxylation sites is 1. The minimum Gasteiger partial charge on any atom is -0.508 e. The van der Waals surface area contributed by atoms with Gasteiger partial charge in [0.05, 0.1) is 6.10 Å². The first-order valence-electron chi connectivity index (χ1n) is 7.87. The maximum atomic E-state index is 12.4. The van der Waals surface area contributed by atoms with Gasteiger partial charge in [-0.15, -0.1) is 0 Å². The Bertz CT molecular complexity index is 455. The Balaban J connectivity index is 2.03. The van der Waals surface area contributed by atoms with Crippen molar-refractivity contribution in [1.82, 2.24) is 4.90 Å². The van der Waals surface area contributed by atoms with Crippen molar-refractivity contribution in [3.05, 3.63) is 29.8 Å². The standard InChI is InChI=1S/C17H25NO3/c1-2-3-10-17(20)18(13-15-8-6-11-21-15)12-14-7-4-5-9-16(14)19/h4-5,7,9,15,19H,2-3,6,8,10-13H2,1H3. The van der Waals surface area contributed by atoms with Crippen LogP contribution in [0.25, 0.3) is 0 Å². The summed E-state index contributed by atoms with van der Waals surface area (Å²) in [7, 11) is 0. The Hall–Kier alpha value is -1.55. The van der Waals surface area contributed by atoms with Crippen molar-refractivity contribution >= 4 is 5.91 Å². The molecule has 1 fully saturated rings. The van der Waals surface area contributed by atoms with Gasteiger partial charge in [0.2, 0.25) is 5.91 Å². The average molecular weight is 291 g/mol. The lowest BCUT2D eigenvalue weighted by Gasteiger charge is -2.26. The van der Waals surface area contributed by atoms with Crippen molar-refractivity contribution in [2.75, 3.05) is 13.2 Å². The van der Waals surface area contributed by atoms with Gasteiger partial charge >= 0.3 is 0 Å². The molecular formula is C17H25NO3. The highest BCUT2D eigenvalue weighted by Crippen LogP contribution is 2.21. The van der Waals surface area contributed by atoms with Crippen LogP contribution in [0.15, 0.2) is 24.3 Å². The molecule has 1 N–H and O–H groups in total. The number of amides is 1. The Kier molecular flexibility index (Phi) is 6.05. The molecule has 2 rings (SSSR count). The van der Waals surface area contributed by atoms with Gasteiger partial charge in [-0.1, -0.05) is 31.5 Å². The fraction of sp³-hybridized carbons (Fsp3) is 0.588. The second-order valence-electron chi connectivity index (χ2n) is 5.64. The van der Waals surface area contributed by atoms with E-state index in [2.05, 4.69) is 6.92 Å². The largest absolute Gasteiger partial charge is 0.508 e. The number of carbonyl (C=O) groups excluding carboxylic acids is 1. The van der Waals surface area contributed by atoms with Crippen LogP contribution in [0.1, 0.15) is 44.6 Å². The molecule has 0 bridgehead atoms. The second kappa shape index (κ2) is 8.03. The number of ether oxygens (including phenoxy) is 1. The maximum Gasteiger partial charge on any atom is 0.222 e. The highest BCUT2D eigenvalue weighted by Gasteiger charge is 2.23. The normalized spacial score (nSPS) is 17.9. The highest BCUT2D eigenvalue weighted by atomic mass is 16.5. The summed E-state index contributed by atoms with van der Waals surface area (Å²) in [4.78, 5) is 14.2. The van der Waals surface area contributed by atoms with Crippen LogP contribution in [0.5, 0.6) is 5.75 Å². The van der Waals surface area contributed by atoms with E-state index in [9.17, 15) is 9.90 Å². The minimum absolute atomic E-state index is 0.140. The molecule has 1 unspecified atom stereocenters. The number of hydrogen-bond donors (Lipinski definition) is 1. The maximum absolute atomic E-state index is 12.4. The lowest BCUT2D eigenvalue weighted by Crippen LogP contribution is -2.36. The molecule has 1 aliphatic rings. The third-order valence-corrected chi connectivity index (χ3v) is 3.90. The number of phenols is 1. The molecule has 1 saturated heterocycles. The smallest absolute Gasteiger partial charge is 0.222 e. The summed E-state index contributed by atoms with van der Waals surface area (Å²) < 4.78 is 5.65. The van der Waals surface area contributed by atoms with Gasteiger partial charge in [-0.3, -0.25) is 4.79 Å². The Morgan fingerprint density at radius 2 is 2.24 bits per heavy atom. The van der Waals surface area contributed by atoms with Crippen molar-refractivity contribution in [1.29, 1.82) is 0 Å². The summed E-state index contributed by atoms with van der Waals surface area (Å²) in [5.74, 6) is 0.397. The summed E-state index contributed by atoms with van der Waals surface area (Å²) in [5.41, 5.74) is 0.792. The van der Waals surface area contributed by atoms with E-state index in [1.165, 1.54) is 0 Å². The Morgan fingerprint density at radius 1 is 1.43 bits per heavy atom. The first-order valence-corrected chi connectivity index (χ1v) is 7.87. The molecule has 1 aromatic rings. The molecule has 1 aliphatic heterocycles. The molecule has 1 atom stereocenters. The minimum atomic E-state index is 0.140. The van der Waals surface area contributed by atoms with E-state index in [4.69, 9.17) is 4.74 Å². The fourth-order valence-electron chi connectivity index (χ4n) is 2.62. The van der Waals surface area contributed by atoms with E-state index in [0.717, 1.165) is 37.9 Å². The van der Waals surface area contributed by atoms with Crippen LogP contribution in [-0.2, 0) is 16.1 Å². The van der Waals surface area contributed by atoms with Crippen LogP contribution in [0.3, 0.4) is 0 Å². The van der Waals surface area contributed by atoms with Gasteiger partial charge in [0.15, 0.2) is 0 Å². The average Bonchev–Trinajstić information content (AvgIpc) is 2.99. The van der Waals surface area contributed by atoms with Gasteiger partial charge < -0.3 is 14.7 Å². The third kappa shape index (κ3) is 4.74. The number of phenolic OH excluding ortho intramolecular Hbond substituents is 1. The molecule has 1 aromatic carbocycles. The zero-order valence-corrected chi connectivity index (χ0v) is 12.8. The number of carbonyl (C=O) groups is 1. The molecule has 116 valence electrons. The van der Waals surface area contributed by atoms with E-state index >= 15 is 0 Å². The Morgan fingerprint density at radius 3 is 2.90 bits per heavy atom. The Labute approximate surface area is 126 Å². The summed E-state index contributed by atoms with van der Waals surface area (Å²) in [6, 6.07) is 7.21. The van der Waals surface area contributed by atoms with E-state index in [0.29, 0.717) is 19.5 Å². The van der Waals surface area contributed by atoms with Crippen LogP contribution in [0.2, 0.25) is 0 Å². The van der Waals surface area contributed by atoms with Gasteiger partial charge in [0.1, 0.15) is 5.75 Å². The van der Waals surface area contributed by atoms with Crippen LogP contribution >= 0.6 is 0 Å². The van der Waals surface area contributed by atoms with Gasteiger partial charge in [-0.2, -0.15) is 0 Å². The number of hydrogen-bond acceptors (Lipinski definition) is 3. The number of benzene rings is 1. The van der Waals surface area contributed by atoms with Gasteiger partial charge in [0.25, 0.3) is 0 Å². The number of unbranched alkanes of at least 4 members (excludes halogenated alkanes) is 1. The fourth-order valence-corrected chi connectivity index (χ4v) is 2.62. The molecular weight excluding hydrogens is 266 g/mol. The van der Waals surface area contributed by atoms with E-state index in [-0.39, 0.29) is 17.8 Å². The van der Waals surface area contributed by atoms with Crippen molar-refractivity contribution in [2.45, 2.75) is 51.7 Å². The predicted octanol–water partition coefficient (Wildman–Crippen LogP) is 3.09. The number of aromatic hydroxyl groups is 1. The van der Waals surface area contributed by atoms with Crippen LogP contribution in [0.4, 0.5) is 0 Å². The molecule has 21 heavy (non-hydrogen) atoms. The quantitative estimate of drug-likeness (QED) is 0.840. The zero-order valence-electron chi connectivity index (χ0n) is 12.8. The molecule has 4 nitrogen and oxygen atoms in total. The predicted molar refractivity (Wildman–Crippen MR) is 82.0 cm³/mol. The molecule has 0 radical (unpaired) electrons. The van der Waals surface area contributed by atoms with Crippen LogP contribution in [-0.4, -0.2) is 35.2 Å². The summed E-state index contributed by atoms with van der Waals surface area (Å²) in [6.07, 6.45) is 4.70. The number of rotatable bonds is 7. The van der Waals surface area contributed by atoms with Crippen LogP contribution in [0, 0.1) is 0 Å². The van der Waals surface area contributed by atoms with Crippen molar-refractivity contribution < 1.29 is 14.6 Å². The third-order valence-electron chi connectivity index (χ3n) is 3.90. The van der Waals surface area contributed by atoms with E-state index < -0.39 is 0 Å².